The molecule has 1 aliphatic rings. The lowest BCUT2D eigenvalue weighted by Gasteiger charge is -2.39. The largest absolute Gasteiger partial charge is 0.352 e. The molecule has 2 atom stereocenters. The molecule has 1 fully saturated rings. The van der Waals surface area contributed by atoms with Crippen molar-refractivity contribution < 1.29 is 0 Å². The Labute approximate surface area is 131 Å². The molecule has 5 heteroatoms. The van der Waals surface area contributed by atoms with E-state index < -0.39 is 0 Å². The lowest BCUT2D eigenvalue weighted by molar-refractivity contribution is 0.538. The summed E-state index contributed by atoms with van der Waals surface area (Å²) in [7, 11) is 0. The third-order valence-electron chi connectivity index (χ3n) is 3.89. The van der Waals surface area contributed by atoms with E-state index in [1.807, 2.05) is 18.7 Å². The summed E-state index contributed by atoms with van der Waals surface area (Å²) in [6, 6.07) is 0.464. The molecule has 2 heterocycles. The number of aromatic nitrogens is 2. The Kier molecular flexibility index (Phi) is 4.55. The quantitative estimate of drug-likeness (QED) is 0.731. The molecule has 0 bridgehead atoms. The van der Waals surface area contributed by atoms with Crippen molar-refractivity contribution in [3.8, 4) is 0 Å². The van der Waals surface area contributed by atoms with E-state index in [2.05, 4.69) is 44.5 Å². The SMILES string of the molecule is Cc1c(Cl)nc(C(C)(C)C)nc1N1CCSC(C)C1C. The molecule has 3 nitrogen and oxygen atoms in total. The van der Waals surface area contributed by atoms with Crippen LogP contribution in [-0.2, 0) is 5.41 Å². The molecular weight excluding hydrogens is 290 g/mol. The topological polar surface area (TPSA) is 29.0 Å². The number of hydrogen-bond acceptors (Lipinski definition) is 4. The highest BCUT2D eigenvalue weighted by Crippen LogP contribution is 2.33. The van der Waals surface area contributed by atoms with Crippen LogP contribution in [0.15, 0.2) is 0 Å². The minimum Gasteiger partial charge on any atom is -0.352 e. The van der Waals surface area contributed by atoms with Gasteiger partial charge in [-0.25, -0.2) is 9.97 Å². The van der Waals surface area contributed by atoms with E-state index in [0.29, 0.717) is 16.4 Å². The van der Waals surface area contributed by atoms with Crippen LogP contribution in [0.2, 0.25) is 5.15 Å². The summed E-state index contributed by atoms with van der Waals surface area (Å²) >= 11 is 8.37. The first-order chi connectivity index (χ1) is 9.21. The molecule has 1 aliphatic heterocycles. The van der Waals surface area contributed by atoms with Crippen LogP contribution in [0.4, 0.5) is 5.82 Å². The summed E-state index contributed by atoms with van der Waals surface area (Å²) in [5.41, 5.74) is 0.900. The van der Waals surface area contributed by atoms with Crippen LogP contribution < -0.4 is 4.90 Å². The Bertz CT molecular complexity index is 499. The Morgan fingerprint density at radius 3 is 2.50 bits per heavy atom. The van der Waals surface area contributed by atoms with E-state index in [0.717, 1.165) is 29.5 Å². The normalized spacial score (nSPS) is 24.1. The number of thioether (sulfide) groups is 1. The lowest BCUT2D eigenvalue weighted by Crippen LogP contribution is -2.45. The van der Waals surface area contributed by atoms with Crippen molar-refractivity contribution in [1.82, 2.24) is 9.97 Å². The van der Waals surface area contributed by atoms with Gasteiger partial charge in [-0.3, -0.25) is 0 Å². The monoisotopic (exact) mass is 313 g/mol. The van der Waals surface area contributed by atoms with Crippen molar-refractivity contribution in [2.24, 2.45) is 0 Å². The van der Waals surface area contributed by atoms with E-state index in [9.17, 15) is 0 Å². The number of nitrogens with zero attached hydrogens (tertiary/aromatic N) is 3. The van der Waals surface area contributed by atoms with Crippen molar-refractivity contribution in [1.29, 1.82) is 0 Å². The van der Waals surface area contributed by atoms with Crippen LogP contribution in [0, 0.1) is 6.92 Å². The first-order valence-corrected chi connectivity index (χ1v) is 8.57. The Morgan fingerprint density at radius 1 is 1.25 bits per heavy atom. The first kappa shape index (κ1) is 15.9. The van der Waals surface area contributed by atoms with Gasteiger partial charge in [0.1, 0.15) is 16.8 Å². The molecule has 0 N–H and O–H groups in total. The fraction of sp³-hybridized carbons (Fsp3) is 0.733. The Balaban J connectivity index is 2.47. The van der Waals surface area contributed by atoms with Crippen molar-refractivity contribution in [2.75, 3.05) is 17.2 Å². The zero-order valence-electron chi connectivity index (χ0n) is 13.2. The van der Waals surface area contributed by atoms with Gasteiger partial charge in [0.05, 0.1) is 0 Å². The number of anilines is 1. The highest BCUT2D eigenvalue weighted by molar-refractivity contribution is 8.00. The van der Waals surface area contributed by atoms with E-state index >= 15 is 0 Å². The summed E-state index contributed by atoms with van der Waals surface area (Å²) in [5, 5.41) is 1.19. The van der Waals surface area contributed by atoms with Gasteiger partial charge >= 0.3 is 0 Å². The Morgan fingerprint density at radius 2 is 1.90 bits per heavy atom. The maximum atomic E-state index is 6.35. The molecule has 1 aromatic heterocycles. The third-order valence-corrected chi connectivity index (χ3v) is 5.59. The standard InChI is InChI=1S/C15H24ClN3S/c1-9-12(16)17-14(15(4,5)6)18-13(9)19-7-8-20-11(3)10(19)2/h10-11H,7-8H2,1-6H3. The van der Waals surface area contributed by atoms with E-state index in [1.165, 1.54) is 0 Å². The predicted octanol–water partition coefficient (Wildman–Crippen LogP) is 4.07. The van der Waals surface area contributed by atoms with Gasteiger partial charge in [-0.2, -0.15) is 11.8 Å². The average Bonchev–Trinajstić information content (AvgIpc) is 2.35. The highest BCUT2D eigenvalue weighted by Gasteiger charge is 2.29. The predicted molar refractivity (Wildman–Crippen MR) is 89.2 cm³/mol. The third kappa shape index (κ3) is 3.06. The van der Waals surface area contributed by atoms with Crippen LogP contribution in [0.5, 0.6) is 0 Å². The minimum atomic E-state index is -0.0918. The van der Waals surface area contributed by atoms with Gasteiger partial charge in [-0.15, -0.1) is 0 Å². The summed E-state index contributed by atoms with van der Waals surface area (Å²) in [6.07, 6.45) is 0. The zero-order chi connectivity index (χ0) is 15.1. The molecular formula is C15H24ClN3S. The Hall–Kier alpha value is -0.480. The van der Waals surface area contributed by atoms with E-state index in [4.69, 9.17) is 16.6 Å². The zero-order valence-corrected chi connectivity index (χ0v) is 14.8. The van der Waals surface area contributed by atoms with Crippen LogP contribution in [0.1, 0.15) is 46.0 Å². The second kappa shape index (κ2) is 5.72. The second-order valence-corrected chi connectivity index (χ2v) is 8.39. The fourth-order valence-electron chi connectivity index (χ4n) is 2.33. The molecule has 0 saturated carbocycles. The van der Waals surface area contributed by atoms with Crippen molar-refractivity contribution >= 4 is 29.2 Å². The van der Waals surface area contributed by atoms with Gasteiger partial charge in [0, 0.05) is 34.6 Å². The molecule has 0 radical (unpaired) electrons. The minimum absolute atomic E-state index is 0.0918. The molecule has 112 valence electrons. The van der Waals surface area contributed by atoms with Gasteiger partial charge in [-0.05, 0) is 13.8 Å². The van der Waals surface area contributed by atoms with Crippen molar-refractivity contribution in [3.05, 3.63) is 16.5 Å². The molecule has 0 spiro atoms. The number of hydrogen-bond donors (Lipinski definition) is 0. The molecule has 1 aromatic rings. The van der Waals surface area contributed by atoms with Crippen LogP contribution in [-0.4, -0.2) is 33.6 Å². The second-order valence-electron chi connectivity index (χ2n) is 6.55. The first-order valence-electron chi connectivity index (χ1n) is 7.14. The summed E-state index contributed by atoms with van der Waals surface area (Å²) < 4.78 is 0. The smallest absolute Gasteiger partial charge is 0.137 e. The molecule has 0 aliphatic carbocycles. The average molecular weight is 314 g/mol. The summed E-state index contributed by atoms with van der Waals surface area (Å²) in [5.74, 6) is 2.97. The lowest BCUT2D eigenvalue weighted by atomic mass is 9.95. The van der Waals surface area contributed by atoms with Gasteiger partial charge in [0.15, 0.2) is 0 Å². The molecule has 2 rings (SSSR count). The fourth-order valence-corrected chi connectivity index (χ4v) is 3.59. The number of halogens is 1. The van der Waals surface area contributed by atoms with Crippen LogP contribution in [0.25, 0.3) is 0 Å². The molecule has 0 aromatic carbocycles. The van der Waals surface area contributed by atoms with Gasteiger partial charge in [-0.1, -0.05) is 39.3 Å². The van der Waals surface area contributed by atoms with E-state index in [-0.39, 0.29) is 5.41 Å². The molecule has 2 unspecified atom stereocenters. The summed E-state index contributed by atoms with van der Waals surface area (Å²) in [4.78, 5) is 11.7. The van der Waals surface area contributed by atoms with Gasteiger partial charge < -0.3 is 4.90 Å². The van der Waals surface area contributed by atoms with E-state index in [1.54, 1.807) is 0 Å². The van der Waals surface area contributed by atoms with Crippen molar-refractivity contribution in [3.63, 3.8) is 0 Å². The number of rotatable bonds is 1. The molecule has 0 amide bonds. The molecule has 1 saturated heterocycles. The highest BCUT2D eigenvalue weighted by atomic mass is 35.5. The molecule has 20 heavy (non-hydrogen) atoms. The maximum Gasteiger partial charge on any atom is 0.137 e. The van der Waals surface area contributed by atoms with Crippen molar-refractivity contribution in [2.45, 2.75) is 58.2 Å². The van der Waals surface area contributed by atoms with Gasteiger partial charge in [0.25, 0.3) is 0 Å². The van der Waals surface area contributed by atoms with Crippen LogP contribution in [0.3, 0.4) is 0 Å². The summed E-state index contributed by atoms with van der Waals surface area (Å²) in [6.45, 7) is 14.0. The van der Waals surface area contributed by atoms with Crippen LogP contribution >= 0.6 is 23.4 Å². The maximum absolute atomic E-state index is 6.35. The van der Waals surface area contributed by atoms with Gasteiger partial charge in [0.2, 0.25) is 0 Å².